The third-order valence-electron chi connectivity index (χ3n) is 0.130. The molecule has 0 aromatic carbocycles. The zero-order chi connectivity index (χ0) is 4.28. The molecule has 0 radical (unpaired) electrons. The van der Waals surface area contributed by atoms with Gasteiger partial charge in [0.25, 0.3) is 0 Å². The molecule has 0 saturated heterocycles. The van der Waals surface area contributed by atoms with E-state index >= 15 is 0 Å². The van der Waals surface area contributed by atoms with E-state index in [-0.39, 0.29) is 58.8 Å². The Bertz CT molecular complexity index is 50.9. The van der Waals surface area contributed by atoms with Crippen molar-refractivity contribution in [2.24, 2.45) is 0 Å². The summed E-state index contributed by atoms with van der Waals surface area (Å²) in [7, 11) is 0. The summed E-state index contributed by atoms with van der Waals surface area (Å²) in [6.45, 7) is 0.986. The SMILES string of the molecule is CC(F)=[C-]F.[Ar].[W]. The Morgan fingerprint density at radius 1 is 1.57 bits per heavy atom. The van der Waals surface area contributed by atoms with E-state index in [1.807, 2.05) is 0 Å². The van der Waals surface area contributed by atoms with Gasteiger partial charge in [-0.25, -0.2) is 0 Å². The van der Waals surface area contributed by atoms with Crippen LogP contribution < -0.4 is 0 Å². The Kier molecular flexibility index (Phi) is 23.8. The van der Waals surface area contributed by atoms with Crippen LogP contribution in [-0.2, 0) is 21.1 Å². The van der Waals surface area contributed by atoms with Crippen molar-refractivity contribution in [3.63, 3.8) is 0 Å². The maximum Gasteiger partial charge on any atom is 0 e. The fourth-order valence-corrected chi connectivity index (χ4v) is 0. The zero-order valence-electron chi connectivity index (χ0n) is 3.52. The van der Waals surface area contributed by atoms with E-state index in [4.69, 9.17) is 0 Å². The summed E-state index contributed by atoms with van der Waals surface area (Å²) in [6.07, 6.45) is 0.778. The molecule has 0 N–H and O–H groups in total. The normalized spacial score (nSPS) is 8.71. The Morgan fingerprint density at radius 3 is 1.71 bits per heavy atom. The molecule has 7 heavy (non-hydrogen) atoms. The van der Waals surface area contributed by atoms with E-state index in [0.717, 1.165) is 13.3 Å². The minimum atomic E-state index is -0.912. The molecule has 0 bridgehead atoms. The molecule has 0 rings (SSSR count). The number of allylic oxidation sites excluding steroid dienone is 1. The Hall–Kier alpha value is 1.55. The first kappa shape index (κ1) is 15.8. The molecule has 44 valence electrons. The van der Waals surface area contributed by atoms with Gasteiger partial charge in [0.1, 0.15) is 0 Å². The van der Waals surface area contributed by atoms with E-state index < -0.39 is 5.83 Å². The first-order valence-corrected chi connectivity index (χ1v) is 1.13. The Labute approximate surface area is 85.6 Å². The standard InChI is InChI=1S/C3H3F2.Ar.W/c1-3(5)2-4;;/h1H3;;/q-1;;. The van der Waals surface area contributed by atoms with Gasteiger partial charge in [-0.1, -0.05) is 5.83 Å². The van der Waals surface area contributed by atoms with Crippen LogP contribution >= 0.6 is 0 Å². The molecule has 0 atom stereocenters. The quantitative estimate of drug-likeness (QED) is 0.596. The number of halogens is 2. The van der Waals surface area contributed by atoms with Gasteiger partial charge in [0, 0.05) is 58.8 Å². The maximum atomic E-state index is 10.9. The Morgan fingerprint density at radius 2 is 1.71 bits per heavy atom. The summed E-state index contributed by atoms with van der Waals surface area (Å²) in [5.41, 5.74) is 0. The molecule has 0 aliphatic rings. The van der Waals surface area contributed by atoms with Gasteiger partial charge in [0.05, 0.1) is 0 Å². The first-order valence-electron chi connectivity index (χ1n) is 1.13. The van der Waals surface area contributed by atoms with Crippen LogP contribution in [0.15, 0.2) is 5.83 Å². The molecule has 0 nitrogen and oxygen atoms in total. The van der Waals surface area contributed by atoms with E-state index in [1.165, 1.54) is 0 Å². The second kappa shape index (κ2) is 10.5. The van der Waals surface area contributed by atoms with Crippen LogP contribution in [0, 0.1) is 44.1 Å². The summed E-state index contributed by atoms with van der Waals surface area (Å²) in [4.78, 5) is 0. The van der Waals surface area contributed by atoms with E-state index in [1.54, 1.807) is 0 Å². The summed E-state index contributed by atoms with van der Waals surface area (Å²) < 4.78 is 21.3. The molecule has 0 heterocycles. The van der Waals surface area contributed by atoms with E-state index in [2.05, 4.69) is 0 Å². The van der Waals surface area contributed by atoms with Gasteiger partial charge in [-0.15, -0.1) is 0 Å². The third kappa shape index (κ3) is 18.5. The molecule has 0 fully saturated rings. The molecule has 0 saturated carbocycles. The second-order valence-electron chi connectivity index (χ2n) is 0.628. The number of rotatable bonds is 0. The molecule has 4 heteroatoms. The van der Waals surface area contributed by atoms with E-state index in [0.29, 0.717) is 0 Å². The molecule has 0 unspecified atom stereocenters. The summed E-state index contributed by atoms with van der Waals surface area (Å²) in [5, 5.41) is 0. The molecule has 0 amide bonds. The van der Waals surface area contributed by atoms with Crippen molar-refractivity contribution in [3.8, 4) is 0 Å². The molecule has 0 spiro atoms. The second-order valence-corrected chi connectivity index (χ2v) is 0.628. The zero-order valence-corrected chi connectivity index (χ0v) is 7.16. The van der Waals surface area contributed by atoms with Crippen LogP contribution in [0.25, 0.3) is 0 Å². The van der Waals surface area contributed by atoms with Crippen LogP contribution in [0.5, 0.6) is 0 Å². The minimum absolute atomic E-state index is 0. The summed E-state index contributed by atoms with van der Waals surface area (Å²) in [6, 6.07) is 0. The van der Waals surface area contributed by atoms with Gasteiger partial charge in [-0.2, -0.15) is 0 Å². The maximum absolute atomic E-state index is 10.9. The largest absolute Gasteiger partial charge is 0.456 e. The molecular weight excluding hydrogens is 298 g/mol. The van der Waals surface area contributed by atoms with Gasteiger partial charge in [-0.3, -0.25) is 10.7 Å². The van der Waals surface area contributed by atoms with Crippen LogP contribution in [-0.4, -0.2) is 0 Å². The van der Waals surface area contributed by atoms with Crippen LogP contribution in [0.2, 0.25) is 0 Å². The average molecular weight is 301 g/mol. The van der Waals surface area contributed by atoms with Crippen molar-refractivity contribution in [2.75, 3.05) is 0 Å². The van der Waals surface area contributed by atoms with Crippen molar-refractivity contribution in [1.29, 1.82) is 0 Å². The predicted octanol–water partition coefficient (Wildman–Crippen LogP) is 1.59. The van der Waals surface area contributed by atoms with Crippen LogP contribution in [0.3, 0.4) is 0 Å². The monoisotopic (exact) mass is 301 g/mol. The van der Waals surface area contributed by atoms with E-state index in [9.17, 15) is 8.78 Å². The van der Waals surface area contributed by atoms with Gasteiger partial charge in [0.15, 0.2) is 0 Å². The fraction of sp³-hybridized carbons (Fsp3) is 0.333. The van der Waals surface area contributed by atoms with Crippen LogP contribution in [0.4, 0.5) is 8.78 Å². The summed E-state index contributed by atoms with van der Waals surface area (Å²) in [5.74, 6) is -0.912. The van der Waals surface area contributed by atoms with Crippen molar-refractivity contribution in [3.05, 3.63) is 12.2 Å². The molecule has 0 aliphatic heterocycles. The third-order valence-corrected chi connectivity index (χ3v) is 0.130. The molecular formula is C3H3ArF2W-. The average Bonchev–Trinajstić information content (AvgIpc) is 1.38. The first-order chi connectivity index (χ1) is 2.27. The number of hydrogen-bond acceptors (Lipinski definition) is 0. The predicted molar refractivity (Wildman–Crippen MR) is 14.6 cm³/mol. The van der Waals surface area contributed by atoms with Crippen molar-refractivity contribution in [2.45, 2.75) is 6.92 Å². The van der Waals surface area contributed by atoms with Crippen molar-refractivity contribution in [1.82, 2.24) is 0 Å². The van der Waals surface area contributed by atoms with Crippen LogP contribution in [0.1, 0.15) is 6.92 Å². The molecule has 0 aromatic heterocycles. The van der Waals surface area contributed by atoms with Gasteiger partial charge < -0.3 is 4.39 Å². The minimum Gasteiger partial charge on any atom is -0.456 e. The smallest absolute Gasteiger partial charge is 0 e. The van der Waals surface area contributed by atoms with Crippen molar-refractivity contribution < 1.29 is 67.6 Å². The summed E-state index contributed by atoms with van der Waals surface area (Å²) >= 11 is 0. The molecule has 0 aromatic rings. The molecule has 0 aliphatic carbocycles. The number of hydrogen-bond donors (Lipinski definition) is 0. The topological polar surface area (TPSA) is 0 Å². The Balaban J connectivity index is -0.0000000800. The van der Waals surface area contributed by atoms with Gasteiger partial charge in [0.2, 0.25) is 0 Å². The van der Waals surface area contributed by atoms with Gasteiger partial charge >= 0.3 is 0 Å². The van der Waals surface area contributed by atoms with Gasteiger partial charge in [-0.05, 0) is 6.92 Å². The fourth-order valence-electron chi connectivity index (χ4n) is 0. The van der Waals surface area contributed by atoms with Crippen molar-refractivity contribution >= 4 is 0 Å².